The Morgan fingerprint density at radius 1 is 0.270 bits per heavy atom. The third-order valence-electron chi connectivity index (χ3n) is 8.35. The molecule has 0 radical (unpaired) electrons. The molecule has 224 valence electrons. The van der Waals surface area contributed by atoms with Crippen LogP contribution in [0.3, 0.4) is 0 Å². The Morgan fingerprint density at radius 2 is 0.405 bits per heavy atom. The summed E-state index contributed by atoms with van der Waals surface area (Å²) >= 11 is -2.71. The topological polar surface area (TPSA) is 13.0 Å². The summed E-state index contributed by atoms with van der Waals surface area (Å²) in [5, 5.41) is 0. The summed E-state index contributed by atoms with van der Waals surface area (Å²) in [5.41, 5.74) is 0. The van der Waals surface area contributed by atoms with E-state index in [1.165, 1.54) is 155 Å². The number of hydrogen-bond donors (Lipinski definition) is 0. The predicted molar refractivity (Wildman–Crippen MR) is 171 cm³/mol. The van der Waals surface area contributed by atoms with E-state index in [1.54, 1.807) is 0 Å². The molecule has 0 rings (SSSR count). The van der Waals surface area contributed by atoms with Crippen molar-refractivity contribution >= 4 is 14.0 Å². The summed E-state index contributed by atoms with van der Waals surface area (Å²) in [7, 11) is 0. The van der Waals surface area contributed by atoms with Crippen molar-refractivity contribution in [3.8, 4) is 0 Å². The highest BCUT2D eigenvalue weighted by molar-refractivity contribution is 6.69. The van der Waals surface area contributed by atoms with Crippen molar-refractivity contribution in [3.05, 3.63) is 0 Å². The molecule has 0 N–H and O–H groups in total. The molecule has 0 saturated heterocycles. The quantitative estimate of drug-likeness (QED) is 0.0919. The fourth-order valence-corrected chi connectivity index (χ4v) is 13.1. The van der Waals surface area contributed by atoms with E-state index in [0.29, 0.717) is 0 Å². The van der Waals surface area contributed by atoms with Gasteiger partial charge in [0.25, 0.3) is 0 Å². The van der Waals surface area contributed by atoms with Crippen molar-refractivity contribution in [2.75, 3.05) is 52.4 Å². The Balaban J connectivity index is 7.24. The molecule has 0 aliphatic heterocycles. The average molecular weight is 540 g/mol. The van der Waals surface area contributed by atoms with Crippen LogP contribution in [-0.2, 0) is 0 Å². The van der Waals surface area contributed by atoms with E-state index in [0.717, 1.165) is 0 Å². The fourth-order valence-electron chi connectivity index (χ4n) is 6.11. The largest absolute Gasteiger partial charge is 0.531 e. The number of unbranched alkanes of at least 4 members (excludes halogenated alkanes) is 8. The molecule has 5 heteroatoms. The van der Waals surface area contributed by atoms with Gasteiger partial charge in [-0.1, -0.05) is 107 Å². The molecule has 0 atom stereocenters. The van der Waals surface area contributed by atoms with E-state index in [1.807, 2.05) is 0 Å². The third-order valence-corrected chi connectivity index (χ3v) is 14.3. The van der Waals surface area contributed by atoms with Crippen molar-refractivity contribution in [2.45, 2.75) is 158 Å². The van der Waals surface area contributed by atoms with E-state index in [-0.39, 0.29) is 0 Å². The van der Waals surface area contributed by atoms with Crippen LogP contribution in [0.25, 0.3) is 0 Å². The molecule has 0 aromatic heterocycles. The van der Waals surface area contributed by atoms with Crippen LogP contribution in [0.2, 0.25) is 0 Å². The van der Waals surface area contributed by atoms with Gasteiger partial charge in [-0.05, 0) is 104 Å². The number of nitrogens with zero attached hydrogens (tertiary/aromatic N) is 4. The SMILES string of the molecule is CCCC[N](CCCC)[Al-]([N](CCCC)CCCC)([N](CCCC)CCCC)[N](CCCC)CCCC. The first-order valence-electron chi connectivity index (χ1n) is 17.2. The molecule has 0 unspecified atom stereocenters. The molecule has 0 saturated carbocycles. The molecule has 0 aromatic carbocycles. The van der Waals surface area contributed by atoms with Crippen molar-refractivity contribution < 1.29 is 0 Å². The van der Waals surface area contributed by atoms with Crippen LogP contribution in [-0.4, -0.2) is 81.9 Å². The molecule has 4 nitrogen and oxygen atoms in total. The van der Waals surface area contributed by atoms with Gasteiger partial charge in [0, 0.05) is 0 Å². The highest BCUT2D eigenvalue weighted by Crippen LogP contribution is 2.30. The van der Waals surface area contributed by atoms with E-state index >= 15 is 0 Å². The van der Waals surface area contributed by atoms with Gasteiger partial charge in [-0.2, -0.15) is 0 Å². The Bertz CT molecular complexity index is 358. The molecule has 0 bridgehead atoms. The van der Waals surface area contributed by atoms with E-state index < -0.39 is 14.0 Å². The maximum atomic E-state index is 3.17. The summed E-state index contributed by atoms with van der Waals surface area (Å²) in [5.74, 6) is 0. The third kappa shape index (κ3) is 13.5. The molecule has 0 aliphatic carbocycles. The first-order valence-corrected chi connectivity index (χ1v) is 19.3. The van der Waals surface area contributed by atoms with Crippen molar-refractivity contribution in [1.29, 1.82) is 0 Å². The highest BCUT2D eigenvalue weighted by atomic mass is 27.3. The fraction of sp³-hybridized carbons (Fsp3) is 1.00. The summed E-state index contributed by atoms with van der Waals surface area (Å²) in [4.78, 5) is 0. The lowest BCUT2D eigenvalue weighted by Gasteiger charge is -2.66. The zero-order chi connectivity index (χ0) is 27.8. The van der Waals surface area contributed by atoms with Crippen molar-refractivity contribution in [2.24, 2.45) is 0 Å². The molecule has 0 heterocycles. The van der Waals surface area contributed by atoms with Crippen LogP contribution in [0.4, 0.5) is 0 Å². The van der Waals surface area contributed by atoms with Crippen LogP contribution in [0, 0.1) is 0 Å². The Morgan fingerprint density at radius 3 is 0.514 bits per heavy atom. The summed E-state index contributed by atoms with van der Waals surface area (Å²) in [6.07, 6.45) is 21.1. The Kier molecular flexibility index (Phi) is 25.6. The molecular weight excluding hydrogens is 467 g/mol. The summed E-state index contributed by atoms with van der Waals surface area (Å²) in [6.45, 7) is 29.5. The van der Waals surface area contributed by atoms with Gasteiger partial charge in [-0.15, -0.1) is 0 Å². The molecular formula is C32H72AlN4-. The van der Waals surface area contributed by atoms with E-state index in [2.05, 4.69) is 70.9 Å². The van der Waals surface area contributed by atoms with Gasteiger partial charge in [0.1, 0.15) is 0 Å². The minimum Gasteiger partial charge on any atom is -0.473 e. The number of rotatable bonds is 28. The second-order valence-electron chi connectivity index (χ2n) is 11.7. The maximum Gasteiger partial charge on any atom is 0.531 e. The van der Waals surface area contributed by atoms with Crippen molar-refractivity contribution in [1.82, 2.24) is 15.5 Å². The van der Waals surface area contributed by atoms with Gasteiger partial charge < -0.3 is 15.5 Å². The first kappa shape index (κ1) is 37.4. The smallest absolute Gasteiger partial charge is 0.473 e. The highest BCUT2D eigenvalue weighted by Gasteiger charge is 2.52. The maximum absolute atomic E-state index is 3.17. The summed E-state index contributed by atoms with van der Waals surface area (Å²) < 4.78 is 12.7. The van der Waals surface area contributed by atoms with Gasteiger partial charge in [-0.3, -0.25) is 0 Å². The molecule has 0 aromatic rings. The minimum absolute atomic E-state index is 1.29. The van der Waals surface area contributed by atoms with Gasteiger partial charge in [-0.25, -0.2) is 0 Å². The van der Waals surface area contributed by atoms with E-state index in [4.69, 9.17) is 0 Å². The zero-order valence-electron chi connectivity index (χ0n) is 27.3. The second-order valence-corrected chi connectivity index (χ2v) is 16.0. The monoisotopic (exact) mass is 540 g/mol. The second kappa shape index (κ2) is 25.3. The van der Waals surface area contributed by atoms with Gasteiger partial charge >= 0.3 is 14.0 Å². The lowest BCUT2D eigenvalue weighted by molar-refractivity contribution is 0.153. The average Bonchev–Trinajstić information content (AvgIpc) is 2.92. The zero-order valence-corrected chi connectivity index (χ0v) is 28.5. The number of hydrogen-bond acceptors (Lipinski definition) is 4. The summed E-state index contributed by atoms with van der Waals surface area (Å²) in [6, 6.07) is 0. The lowest BCUT2D eigenvalue weighted by Crippen LogP contribution is -2.84. The van der Waals surface area contributed by atoms with Crippen molar-refractivity contribution in [3.63, 3.8) is 0 Å². The Hall–Kier alpha value is 0.372. The molecule has 0 amide bonds. The van der Waals surface area contributed by atoms with E-state index in [9.17, 15) is 0 Å². The van der Waals surface area contributed by atoms with Gasteiger partial charge in [0.05, 0.1) is 0 Å². The molecule has 37 heavy (non-hydrogen) atoms. The van der Waals surface area contributed by atoms with Crippen LogP contribution < -0.4 is 0 Å². The molecule has 0 aliphatic rings. The lowest BCUT2D eigenvalue weighted by atomic mass is 10.3. The van der Waals surface area contributed by atoms with Crippen LogP contribution in [0.15, 0.2) is 0 Å². The standard InChI is InChI=1S/4C8H18N.Al/c4*1-3-5-7-9-8-6-4-2;/h4*3-8H2,1-2H3;/q4*-1;+3. The van der Waals surface area contributed by atoms with Gasteiger partial charge in [0.2, 0.25) is 0 Å². The van der Waals surface area contributed by atoms with Crippen LogP contribution >= 0.6 is 0 Å². The molecule has 0 spiro atoms. The normalized spacial score (nSPS) is 12.6. The Labute approximate surface area is 239 Å². The minimum atomic E-state index is -2.71. The van der Waals surface area contributed by atoms with Gasteiger partial charge in [0.15, 0.2) is 0 Å². The molecule has 0 fully saturated rings. The first-order chi connectivity index (χ1) is 18.1. The van der Waals surface area contributed by atoms with Crippen LogP contribution in [0.5, 0.6) is 0 Å². The van der Waals surface area contributed by atoms with Crippen LogP contribution in [0.1, 0.15) is 158 Å². The predicted octanol–water partition coefficient (Wildman–Crippen LogP) is 9.03.